The number of nitrogens with one attached hydrogen (secondary N) is 1. The predicted molar refractivity (Wildman–Crippen MR) is 204 cm³/mol. The smallest absolute Gasteiger partial charge is 0.410 e. The third-order valence-electron chi connectivity index (χ3n) is 12.7. The first-order valence-electron chi connectivity index (χ1n) is 19.3. The second-order valence-electron chi connectivity index (χ2n) is 15.8. The number of hydrogen-bond acceptors (Lipinski definition) is 8. The number of aliphatic hydroxyl groups excluding tert-OH is 2. The van der Waals surface area contributed by atoms with E-state index < -0.39 is 29.4 Å². The van der Waals surface area contributed by atoms with Gasteiger partial charge in [0.05, 0.1) is 18.3 Å². The number of Topliss-reactive ketones (excluding diaryl/α,β-unsaturated/α-hetero) is 1. The van der Waals surface area contributed by atoms with Crippen LogP contribution in [0, 0.1) is 35.0 Å². The van der Waals surface area contributed by atoms with Crippen LogP contribution in [0.1, 0.15) is 102 Å². The Morgan fingerprint density at radius 3 is 2.85 bits per heavy atom. The Hall–Kier alpha value is -3.78. The van der Waals surface area contributed by atoms with Crippen molar-refractivity contribution in [2.45, 2.75) is 109 Å². The number of rotatable bonds is 7. The van der Waals surface area contributed by atoms with E-state index in [2.05, 4.69) is 42.8 Å². The second kappa shape index (κ2) is 16.7. The van der Waals surface area contributed by atoms with Crippen molar-refractivity contribution < 1.29 is 34.4 Å². The Morgan fingerprint density at radius 1 is 1.21 bits per heavy atom. The molecule has 2 aliphatic heterocycles. The zero-order valence-corrected chi connectivity index (χ0v) is 31.3. The molecular formula is C44H56N2O7. The molecule has 5 aliphatic rings. The van der Waals surface area contributed by atoms with Crippen molar-refractivity contribution in [3.8, 4) is 17.6 Å². The molecule has 0 radical (unpaired) electrons. The van der Waals surface area contributed by atoms with Crippen LogP contribution in [0.15, 0.2) is 76.9 Å². The molecule has 1 amide bonds. The van der Waals surface area contributed by atoms with Gasteiger partial charge in [-0.05, 0) is 94.6 Å². The van der Waals surface area contributed by atoms with Crippen molar-refractivity contribution in [3.63, 3.8) is 0 Å². The molecule has 0 saturated heterocycles. The van der Waals surface area contributed by atoms with E-state index in [0.717, 1.165) is 42.4 Å². The summed E-state index contributed by atoms with van der Waals surface area (Å²) in [6, 6.07) is 5.35. The second-order valence-corrected chi connectivity index (χ2v) is 15.8. The van der Waals surface area contributed by atoms with Gasteiger partial charge in [-0.15, -0.1) is 0 Å². The maximum absolute atomic E-state index is 14.2. The highest BCUT2D eigenvalue weighted by Gasteiger charge is 2.68. The van der Waals surface area contributed by atoms with Gasteiger partial charge < -0.3 is 35.8 Å². The topological polar surface area (TPSA) is 151 Å². The van der Waals surface area contributed by atoms with Crippen LogP contribution in [0.2, 0.25) is 0 Å². The molecule has 6 rings (SSSR count). The third-order valence-corrected chi connectivity index (χ3v) is 12.7. The van der Waals surface area contributed by atoms with Gasteiger partial charge in [0, 0.05) is 41.9 Å². The summed E-state index contributed by atoms with van der Waals surface area (Å²) < 4.78 is 11.7. The number of nitrogens with two attached hydrogens (primary N) is 1. The largest absolute Gasteiger partial charge is 0.414 e. The van der Waals surface area contributed by atoms with Crippen molar-refractivity contribution in [2.75, 3.05) is 19.8 Å². The van der Waals surface area contributed by atoms with Gasteiger partial charge in [0.25, 0.3) is 0 Å². The van der Waals surface area contributed by atoms with E-state index in [1.165, 1.54) is 5.57 Å². The van der Waals surface area contributed by atoms with Crippen molar-refractivity contribution in [2.24, 2.45) is 28.9 Å². The lowest BCUT2D eigenvalue weighted by atomic mass is 9.51. The summed E-state index contributed by atoms with van der Waals surface area (Å²) in [5.74, 6) is 6.07. The van der Waals surface area contributed by atoms with E-state index in [1.54, 1.807) is 18.2 Å². The van der Waals surface area contributed by atoms with Crippen LogP contribution in [0.4, 0.5) is 4.79 Å². The van der Waals surface area contributed by atoms with E-state index in [4.69, 9.17) is 15.2 Å². The average Bonchev–Trinajstić information content (AvgIpc) is 3.30. The van der Waals surface area contributed by atoms with Gasteiger partial charge in [0.1, 0.15) is 18.5 Å². The van der Waals surface area contributed by atoms with Crippen LogP contribution in [-0.2, 0) is 16.0 Å². The van der Waals surface area contributed by atoms with Crippen molar-refractivity contribution in [1.29, 1.82) is 0 Å². The van der Waals surface area contributed by atoms with E-state index in [9.17, 15) is 24.9 Å². The molecule has 1 aromatic carbocycles. The van der Waals surface area contributed by atoms with Crippen LogP contribution >= 0.6 is 0 Å². The van der Waals surface area contributed by atoms with Crippen molar-refractivity contribution in [1.82, 2.24) is 5.32 Å². The Bertz CT molecular complexity index is 1780. The first-order chi connectivity index (χ1) is 25.5. The molecule has 3 aliphatic carbocycles. The standard InChI is InChI=1S/C44H56N2O7/c1-28-11-4-5-24-52-27-33(16-7-14-29(2)13-6-12-28)38-32-17-9-21-43(51)22-20-34(36(19-10-23-47)44(43,26-32)40(38)49)30(3)37(48)25-31-15-8-18-35-39(31)53-42(50)46-41(35)45/h7-8,12,14-16,18,32,36,38,40-41,47,49,51H,2,6,9-11,13,17,19-27,45H2,1,3H3,(H,46,50). The Balaban J connectivity index is 1.36. The number of amides is 1. The summed E-state index contributed by atoms with van der Waals surface area (Å²) in [5, 5.41) is 38.2. The van der Waals surface area contributed by atoms with Crippen LogP contribution in [0.5, 0.6) is 5.75 Å². The van der Waals surface area contributed by atoms with Gasteiger partial charge in [-0.25, -0.2) is 4.79 Å². The number of allylic oxidation sites excluding steroid dienone is 8. The summed E-state index contributed by atoms with van der Waals surface area (Å²) in [6.45, 7) is 8.74. The highest BCUT2D eigenvalue weighted by molar-refractivity contribution is 5.97. The Morgan fingerprint density at radius 2 is 2.04 bits per heavy atom. The molecule has 1 spiro atoms. The molecule has 6 N–H and O–H groups in total. The molecule has 2 bridgehead atoms. The number of ether oxygens (including phenoxy) is 2. The lowest BCUT2D eigenvalue weighted by molar-refractivity contribution is -0.181. The predicted octanol–water partition coefficient (Wildman–Crippen LogP) is 6.44. The number of carbonyl (C=O) groups is 2. The van der Waals surface area contributed by atoms with Gasteiger partial charge in [-0.1, -0.05) is 84.1 Å². The molecule has 7 unspecified atom stereocenters. The monoisotopic (exact) mass is 724 g/mol. The molecule has 9 nitrogen and oxygen atoms in total. The summed E-state index contributed by atoms with van der Waals surface area (Å²) in [5.41, 5.74) is 10.0. The summed E-state index contributed by atoms with van der Waals surface area (Å²) in [6.07, 6.45) is 13.3. The highest BCUT2D eigenvalue weighted by Crippen LogP contribution is 2.67. The van der Waals surface area contributed by atoms with E-state index in [0.29, 0.717) is 74.0 Å². The Labute approximate surface area is 314 Å². The molecule has 0 aromatic heterocycles. The van der Waals surface area contributed by atoms with Crippen molar-refractivity contribution >= 4 is 11.9 Å². The maximum Gasteiger partial charge on any atom is 0.414 e. The lowest BCUT2D eigenvalue weighted by Gasteiger charge is -2.57. The fourth-order valence-corrected chi connectivity index (χ4v) is 10.1. The van der Waals surface area contributed by atoms with Gasteiger partial charge in [0.15, 0.2) is 5.78 Å². The number of hydrogen-bond donors (Lipinski definition) is 5. The zero-order chi connectivity index (χ0) is 37.8. The van der Waals surface area contributed by atoms with Gasteiger partial charge in [-0.2, -0.15) is 0 Å². The SMILES string of the molecule is C=C1C=CC=C(C2C3CCCC4(O)CCC(=C(C)C(=O)Cc5cccc6c5OC(=O)NC6N)C(CCCO)C4(C3)C2O)COCC#CCC(C)=CCC1. The van der Waals surface area contributed by atoms with E-state index in [1.807, 2.05) is 19.1 Å². The van der Waals surface area contributed by atoms with Gasteiger partial charge in [0.2, 0.25) is 0 Å². The Kier molecular flexibility index (Phi) is 12.3. The van der Waals surface area contributed by atoms with Crippen LogP contribution in [-0.4, -0.2) is 58.7 Å². The number of aliphatic hydroxyl groups is 3. The lowest BCUT2D eigenvalue weighted by Crippen LogP contribution is -2.61. The molecule has 3 saturated carbocycles. The molecular weight excluding hydrogens is 668 g/mol. The number of fused-ring (bicyclic) bond motifs is 2. The molecule has 9 heteroatoms. The number of para-hydroxylation sites is 1. The normalized spacial score (nSPS) is 32.9. The first kappa shape index (κ1) is 38.9. The maximum atomic E-state index is 14.2. The highest BCUT2D eigenvalue weighted by atomic mass is 16.6. The molecule has 1 aromatic rings. The van der Waals surface area contributed by atoms with Crippen LogP contribution < -0.4 is 15.8 Å². The van der Waals surface area contributed by atoms with Crippen LogP contribution in [0.25, 0.3) is 0 Å². The van der Waals surface area contributed by atoms with Crippen LogP contribution in [0.3, 0.4) is 0 Å². The number of benzene rings is 1. The van der Waals surface area contributed by atoms with Gasteiger partial charge >= 0.3 is 6.09 Å². The molecule has 53 heavy (non-hydrogen) atoms. The summed E-state index contributed by atoms with van der Waals surface area (Å²) in [7, 11) is 0. The van der Waals surface area contributed by atoms with E-state index >= 15 is 0 Å². The summed E-state index contributed by atoms with van der Waals surface area (Å²) in [4.78, 5) is 26.4. The molecule has 284 valence electrons. The quantitative estimate of drug-likeness (QED) is 0.122. The number of ketones is 1. The van der Waals surface area contributed by atoms with Gasteiger partial charge in [-0.3, -0.25) is 4.79 Å². The number of carbonyl (C=O) groups excluding carboxylic acids is 2. The fourth-order valence-electron chi connectivity index (χ4n) is 10.1. The third kappa shape index (κ3) is 7.90. The first-order valence-corrected chi connectivity index (χ1v) is 19.3. The minimum absolute atomic E-state index is 0.0106. The minimum atomic E-state index is -1.14. The zero-order valence-electron chi connectivity index (χ0n) is 31.3. The molecule has 3 fully saturated rings. The average molecular weight is 725 g/mol. The van der Waals surface area contributed by atoms with Crippen molar-refractivity contribution in [3.05, 3.63) is 88.1 Å². The van der Waals surface area contributed by atoms with E-state index in [-0.39, 0.29) is 43.2 Å². The molecule has 2 heterocycles. The fraction of sp³-hybridized carbons (Fsp3) is 0.545. The minimum Gasteiger partial charge on any atom is -0.410 e. The molecule has 7 atom stereocenters. The summed E-state index contributed by atoms with van der Waals surface area (Å²) >= 11 is 0.